The average Bonchev–Trinajstić information content (AvgIpc) is 3.20. The van der Waals surface area contributed by atoms with Crippen molar-refractivity contribution in [3.63, 3.8) is 0 Å². The first-order chi connectivity index (χ1) is 10.1. The topological polar surface area (TPSA) is 66.4 Å². The van der Waals surface area contributed by atoms with Crippen molar-refractivity contribution in [2.45, 2.75) is 36.4 Å². The van der Waals surface area contributed by atoms with Crippen LogP contribution < -0.4 is 4.72 Å². The van der Waals surface area contributed by atoms with Crippen LogP contribution in [0.2, 0.25) is 0 Å². The van der Waals surface area contributed by atoms with Crippen molar-refractivity contribution >= 4 is 10.0 Å². The van der Waals surface area contributed by atoms with Gasteiger partial charge in [-0.2, -0.15) is 13.2 Å². The number of benzene rings is 1. The Bertz CT molecular complexity index is 641. The van der Waals surface area contributed by atoms with Crippen molar-refractivity contribution in [3.05, 3.63) is 29.6 Å². The quantitative estimate of drug-likeness (QED) is 0.780. The van der Waals surface area contributed by atoms with Gasteiger partial charge in [0.1, 0.15) is 5.82 Å². The number of aliphatic hydroxyl groups excluding tert-OH is 1. The van der Waals surface area contributed by atoms with Crippen LogP contribution in [0.3, 0.4) is 0 Å². The molecule has 0 radical (unpaired) electrons. The number of sulfonamides is 1. The summed E-state index contributed by atoms with van der Waals surface area (Å²) in [4.78, 5) is -1.01. The van der Waals surface area contributed by atoms with Gasteiger partial charge in [-0.15, -0.1) is 0 Å². The molecule has 22 heavy (non-hydrogen) atoms. The number of hydrogen-bond acceptors (Lipinski definition) is 3. The molecule has 1 unspecified atom stereocenters. The molecule has 0 bridgehead atoms. The minimum absolute atomic E-state index is 0.0108. The Morgan fingerprint density at radius 3 is 2.45 bits per heavy atom. The molecule has 4 nitrogen and oxygen atoms in total. The van der Waals surface area contributed by atoms with Crippen molar-refractivity contribution in [3.8, 4) is 0 Å². The maximum atomic E-state index is 13.0. The van der Waals surface area contributed by atoms with E-state index in [1.165, 1.54) is 0 Å². The molecule has 0 aliphatic heterocycles. The standard InChI is InChI=1S/C13H15F4NO3S/c14-9-3-4-12(10(7-9)13(15,16)17)22(20,21)18-11(5-6-19)8-1-2-8/h3-4,7-8,11,18-19H,1-2,5-6H2. The molecule has 1 fully saturated rings. The molecule has 1 aromatic carbocycles. The molecule has 1 saturated carbocycles. The maximum absolute atomic E-state index is 13.0. The van der Waals surface area contributed by atoms with Crippen LogP contribution in [0.1, 0.15) is 24.8 Å². The number of alkyl halides is 3. The smallest absolute Gasteiger partial charge is 0.396 e. The van der Waals surface area contributed by atoms with Crippen molar-refractivity contribution in [1.29, 1.82) is 0 Å². The molecule has 124 valence electrons. The van der Waals surface area contributed by atoms with E-state index in [0.29, 0.717) is 12.1 Å². The summed E-state index contributed by atoms with van der Waals surface area (Å²) < 4.78 is 78.4. The van der Waals surface area contributed by atoms with Gasteiger partial charge < -0.3 is 5.11 Å². The fourth-order valence-corrected chi connectivity index (χ4v) is 3.80. The first kappa shape index (κ1) is 17.2. The van der Waals surface area contributed by atoms with Crippen LogP contribution in [-0.2, 0) is 16.2 Å². The zero-order valence-electron chi connectivity index (χ0n) is 11.4. The van der Waals surface area contributed by atoms with E-state index in [-0.39, 0.29) is 25.0 Å². The first-order valence-electron chi connectivity index (χ1n) is 6.65. The second-order valence-corrected chi connectivity index (χ2v) is 6.90. The second kappa shape index (κ2) is 6.13. The molecule has 1 atom stereocenters. The molecule has 1 aromatic rings. The lowest BCUT2D eigenvalue weighted by Crippen LogP contribution is -2.38. The highest BCUT2D eigenvalue weighted by molar-refractivity contribution is 7.89. The average molecular weight is 341 g/mol. The molecule has 2 rings (SSSR count). The molecular formula is C13H15F4NO3S. The lowest BCUT2D eigenvalue weighted by atomic mass is 10.1. The van der Waals surface area contributed by atoms with E-state index >= 15 is 0 Å². The number of rotatable bonds is 6. The van der Waals surface area contributed by atoms with Gasteiger partial charge in [-0.3, -0.25) is 0 Å². The molecular weight excluding hydrogens is 326 g/mol. The normalized spacial score (nSPS) is 17.5. The van der Waals surface area contributed by atoms with E-state index in [2.05, 4.69) is 4.72 Å². The maximum Gasteiger partial charge on any atom is 0.417 e. The van der Waals surface area contributed by atoms with E-state index in [0.717, 1.165) is 12.8 Å². The molecule has 2 N–H and O–H groups in total. The Balaban J connectivity index is 2.36. The second-order valence-electron chi connectivity index (χ2n) is 5.22. The molecule has 0 spiro atoms. The summed E-state index contributed by atoms with van der Waals surface area (Å²) in [5, 5.41) is 8.94. The van der Waals surface area contributed by atoms with Gasteiger partial charge in [0.15, 0.2) is 0 Å². The molecule has 0 heterocycles. The van der Waals surface area contributed by atoms with E-state index in [1.807, 2.05) is 0 Å². The fourth-order valence-electron chi connectivity index (χ4n) is 2.25. The Kier molecular flexibility index (Phi) is 4.78. The van der Waals surface area contributed by atoms with Gasteiger partial charge in [0.25, 0.3) is 0 Å². The number of aliphatic hydroxyl groups is 1. The Morgan fingerprint density at radius 1 is 1.32 bits per heavy atom. The molecule has 0 amide bonds. The summed E-state index contributed by atoms with van der Waals surface area (Å²) >= 11 is 0. The minimum atomic E-state index is -4.99. The van der Waals surface area contributed by atoms with Gasteiger partial charge in [-0.1, -0.05) is 0 Å². The number of nitrogens with one attached hydrogen (secondary N) is 1. The molecule has 9 heteroatoms. The monoisotopic (exact) mass is 341 g/mol. The predicted octanol–water partition coefficient (Wildman–Crippen LogP) is 2.28. The van der Waals surface area contributed by atoms with Crippen LogP contribution >= 0.6 is 0 Å². The Labute approximate surface area is 125 Å². The van der Waals surface area contributed by atoms with E-state index < -0.39 is 38.5 Å². The summed E-state index contributed by atoms with van der Waals surface area (Å²) in [5.41, 5.74) is -1.54. The molecule has 0 aromatic heterocycles. The van der Waals surface area contributed by atoms with Crippen LogP contribution in [0.15, 0.2) is 23.1 Å². The predicted molar refractivity (Wildman–Crippen MR) is 69.9 cm³/mol. The van der Waals surface area contributed by atoms with Gasteiger partial charge >= 0.3 is 6.18 Å². The number of halogens is 4. The molecule has 1 aliphatic rings. The Hall–Kier alpha value is -1.19. The fraction of sp³-hybridized carbons (Fsp3) is 0.538. The highest BCUT2D eigenvalue weighted by Gasteiger charge is 2.40. The van der Waals surface area contributed by atoms with Crippen molar-refractivity contribution < 1.29 is 31.1 Å². The largest absolute Gasteiger partial charge is 0.417 e. The lowest BCUT2D eigenvalue weighted by molar-refractivity contribution is -0.140. The summed E-state index contributed by atoms with van der Waals surface area (Å²) in [6, 6.07) is 0.805. The Morgan fingerprint density at radius 2 is 1.95 bits per heavy atom. The van der Waals surface area contributed by atoms with Gasteiger partial charge in [-0.05, 0) is 43.4 Å². The van der Waals surface area contributed by atoms with Crippen LogP contribution in [0, 0.1) is 11.7 Å². The van der Waals surface area contributed by atoms with E-state index in [1.54, 1.807) is 0 Å². The van der Waals surface area contributed by atoms with E-state index in [4.69, 9.17) is 5.11 Å². The van der Waals surface area contributed by atoms with Crippen molar-refractivity contribution in [1.82, 2.24) is 4.72 Å². The van der Waals surface area contributed by atoms with Crippen LogP contribution in [0.5, 0.6) is 0 Å². The third-order valence-corrected chi connectivity index (χ3v) is 5.02. The van der Waals surface area contributed by atoms with Gasteiger partial charge in [0, 0.05) is 12.6 Å². The minimum Gasteiger partial charge on any atom is -0.396 e. The summed E-state index contributed by atoms with van der Waals surface area (Å²) in [7, 11) is -4.47. The summed E-state index contributed by atoms with van der Waals surface area (Å²) in [5.74, 6) is -1.16. The zero-order chi connectivity index (χ0) is 16.5. The van der Waals surface area contributed by atoms with E-state index in [9.17, 15) is 26.0 Å². The van der Waals surface area contributed by atoms with Gasteiger partial charge in [-0.25, -0.2) is 17.5 Å². The first-order valence-corrected chi connectivity index (χ1v) is 8.13. The third-order valence-electron chi connectivity index (χ3n) is 3.47. The van der Waals surface area contributed by atoms with Gasteiger partial charge in [0.05, 0.1) is 10.5 Å². The molecule has 1 aliphatic carbocycles. The molecule has 0 saturated heterocycles. The van der Waals surface area contributed by atoms with Crippen LogP contribution in [0.25, 0.3) is 0 Å². The lowest BCUT2D eigenvalue weighted by Gasteiger charge is -2.19. The number of hydrogen-bond donors (Lipinski definition) is 2. The van der Waals surface area contributed by atoms with Crippen LogP contribution in [-0.4, -0.2) is 26.2 Å². The SMILES string of the molecule is O=S(=O)(NC(CCO)C1CC1)c1ccc(F)cc1C(F)(F)F. The van der Waals surface area contributed by atoms with Gasteiger partial charge in [0.2, 0.25) is 10.0 Å². The van der Waals surface area contributed by atoms with Crippen molar-refractivity contribution in [2.75, 3.05) is 6.61 Å². The summed E-state index contributed by atoms with van der Waals surface area (Å²) in [6.07, 6.45) is -3.36. The van der Waals surface area contributed by atoms with Crippen molar-refractivity contribution in [2.24, 2.45) is 5.92 Å². The summed E-state index contributed by atoms with van der Waals surface area (Å²) in [6.45, 7) is -0.279. The highest BCUT2D eigenvalue weighted by atomic mass is 32.2. The zero-order valence-corrected chi connectivity index (χ0v) is 12.2. The highest BCUT2D eigenvalue weighted by Crippen LogP contribution is 2.37. The third kappa shape index (κ3) is 3.96. The van der Waals surface area contributed by atoms with Crippen LogP contribution in [0.4, 0.5) is 17.6 Å².